The highest BCUT2D eigenvalue weighted by atomic mass is 14.8. The van der Waals surface area contributed by atoms with E-state index in [1.807, 2.05) is 36.4 Å². The van der Waals surface area contributed by atoms with Gasteiger partial charge in [-0.15, -0.1) is 0 Å². The summed E-state index contributed by atoms with van der Waals surface area (Å²) < 4.78 is 0. The maximum Gasteiger partial charge on any atom is 0.159 e. The highest BCUT2D eigenvalue weighted by Gasteiger charge is 2.13. The van der Waals surface area contributed by atoms with Crippen molar-refractivity contribution in [3.63, 3.8) is 0 Å². The van der Waals surface area contributed by atoms with Gasteiger partial charge in [0.1, 0.15) is 0 Å². The van der Waals surface area contributed by atoms with Crippen LogP contribution in [0.3, 0.4) is 0 Å². The molecule has 0 radical (unpaired) electrons. The molecule has 34 heavy (non-hydrogen) atoms. The van der Waals surface area contributed by atoms with Crippen molar-refractivity contribution in [3.05, 3.63) is 120 Å². The van der Waals surface area contributed by atoms with Crippen LogP contribution in [0.2, 0.25) is 0 Å². The summed E-state index contributed by atoms with van der Waals surface area (Å²) >= 11 is 0. The van der Waals surface area contributed by atoms with Gasteiger partial charge in [0.15, 0.2) is 5.65 Å². The van der Waals surface area contributed by atoms with Crippen LogP contribution in [-0.2, 0) is 12.8 Å². The normalized spacial score (nSPS) is 12.8. The third-order valence-corrected chi connectivity index (χ3v) is 6.79. The Balaban J connectivity index is 0.000000129. The Kier molecular flexibility index (Phi) is 5.48. The molecule has 4 aromatic carbocycles. The number of aromatic nitrogens is 2. The lowest BCUT2D eigenvalue weighted by molar-refractivity contribution is 0.690. The van der Waals surface area contributed by atoms with E-state index in [4.69, 9.17) is 0 Å². The van der Waals surface area contributed by atoms with Gasteiger partial charge in [-0.05, 0) is 82.6 Å². The Bertz CT molecular complexity index is 1600. The molecule has 1 aliphatic rings. The van der Waals surface area contributed by atoms with Gasteiger partial charge in [-0.2, -0.15) is 0 Å². The molecular formula is C32H26N2. The van der Waals surface area contributed by atoms with Gasteiger partial charge in [0.2, 0.25) is 0 Å². The predicted molar refractivity (Wildman–Crippen MR) is 143 cm³/mol. The number of pyridine rings is 2. The minimum absolute atomic E-state index is 0.795. The number of nitrogens with zero attached hydrogens (tertiary/aromatic N) is 2. The largest absolute Gasteiger partial charge is 0.237 e. The molecule has 0 N–H and O–H groups in total. The summed E-state index contributed by atoms with van der Waals surface area (Å²) in [6, 6.07) is 36.1. The van der Waals surface area contributed by atoms with Crippen LogP contribution in [0, 0.1) is 0 Å². The Morgan fingerprint density at radius 2 is 1.29 bits per heavy atom. The van der Waals surface area contributed by atoms with E-state index in [-0.39, 0.29) is 0 Å². The molecule has 0 amide bonds. The van der Waals surface area contributed by atoms with Crippen molar-refractivity contribution in [2.75, 3.05) is 0 Å². The first-order valence-corrected chi connectivity index (χ1v) is 12.1. The summed E-state index contributed by atoms with van der Waals surface area (Å²) in [6.45, 7) is 0. The van der Waals surface area contributed by atoms with Gasteiger partial charge in [-0.25, -0.2) is 9.97 Å². The molecule has 0 spiro atoms. The quantitative estimate of drug-likeness (QED) is 0.242. The van der Waals surface area contributed by atoms with E-state index >= 15 is 0 Å². The first-order valence-electron chi connectivity index (χ1n) is 12.1. The summed E-state index contributed by atoms with van der Waals surface area (Å²) in [6.07, 6.45) is 6.98. The van der Waals surface area contributed by atoms with Crippen LogP contribution in [0.5, 0.6) is 0 Å². The molecule has 0 saturated heterocycles. The highest BCUT2D eigenvalue weighted by Crippen LogP contribution is 2.33. The van der Waals surface area contributed by atoms with Gasteiger partial charge in [0, 0.05) is 17.1 Å². The second-order valence-electron chi connectivity index (χ2n) is 8.90. The molecule has 164 valence electrons. The Labute approximate surface area is 199 Å². The SMILES string of the molecule is c1ccc(-c2ccc3cccnc3n2)cc1.c1ccc2c(c1)ccc1c3c(ccc12)CCCC3. The van der Waals surface area contributed by atoms with E-state index in [9.17, 15) is 0 Å². The molecule has 0 saturated carbocycles. The Morgan fingerprint density at radius 1 is 0.529 bits per heavy atom. The van der Waals surface area contributed by atoms with Crippen LogP contribution >= 0.6 is 0 Å². The zero-order valence-corrected chi connectivity index (χ0v) is 19.1. The third kappa shape index (κ3) is 3.92. The molecule has 0 fully saturated rings. The molecule has 0 unspecified atom stereocenters. The molecule has 0 bridgehead atoms. The molecule has 2 nitrogen and oxygen atoms in total. The maximum atomic E-state index is 4.53. The molecule has 1 aliphatic carbocycles. The molecule has 6 aromatic rings. The third-order valence-electron chi connectivity index (χ3n) is 6.79. The van der Waals surface area contributed by atoms with Crippen molar-refractivity contribution in [1.82, 2.24) is 9.97 Å². The second kappa shape index (κ2) is 9.07. The maximum absolute atomic E-state index is 4.53. The Hall–Kier alpha value is -4.04. The lowest BCUT2D eigenvalue weighted by atomic mass is 9.86. The summed E-state index contributed by atoms with van der Waals surface area (Å²) in [4.78, 5) is 8.79. The molecule has 2 heteroatoms. The van der Waals surface area contributed by atoms with Gasteiger partial charge in [-0.3, -0.25) is 0 Å². The fourth-order valence-electron chi connectivity index (χ4n) is 5.07. The summed E-state index contributed by atoms with van der Waals surface area (Å²) in [5.41, 5.74) is 6.05. The molecule has 7 rings (SSSR count). The van der Waals surface area contributed by atoms with Gasteiger partial charge in [0.25, 0.3) is 0 Å². The molecule has 0 aliphatic heterocycles. The first-order chi connectivity index (χ1) is 16.9. The van der Waals surface area contributed by atoms with Crippen LogP contribution in [0.4, 0.5) is 0 Å². The predicted octanol–water partition coefficient (Wildman–Crippen LogP) is 8.17. The van der Waals surface area contributed by atoms with E-state index in [0.717, 1.165) is 22.3 Å². The average molecular weight is 439 g/mol. The van der Waals surface area contributed by atoms with E-state index < -0.39 is 0 Å². The molecule has 0 atom stereocenters. The summed E-state index contributed by atoms with van der Waals surface area (Å²) in [5, 5.41) is 6.71. The zero-order valence-electron chi connectivity index (χ0n) is 19.1. The number of benzene rings is 4. The summed E-state index contributed by atoms with van der Waals surface area (Å²) in [7, 11) is 0. The number of rotatable bonds is 1. The van der Waals surface area contributed by atoms with Gasteiger partial charge in [0.05, 0.1) is 5.69 Å². The van der Waals surface area contributed by atoms with E-state index in [1.165, 1.54) is 47.2 Å². The van der Waals surface area contributed by atoms with Crippen molar-refractivity contribution in [1.29, 1.82) is 0 Å². The topological polar surface area (TPSA) is 25.8 Å². The van der Waals surface area contributed by atoms with Crippen LogP contribution in [0.15, 0.2) is 109 Å². The van der Waals surface area contributed by atoms with E-state index in [1.54, 1.807) is 17.3 Å². The van der Waals surface area contributed by atoms with E-state index in [0.29, 0.717) is 0 Å². The van der Waals surface area contributed by atoms with Crippen molar-refractivity contribution >= 4 is 32.6 Å². The van der Waals surface area contributed by atoms with E-state index in [2.05, 4.69) is 76.7 Å². The van der Waals surface area contributed by atoms with Crippen molar-refractivity contribution in [3.8, 4) is 11.3 Å². The van der Waals surface area contributed by atoms with Crippen molar-refractivity contribution in [2.45, 2.75) is 25.7 Å². The first kappa shape index (κ1) is 20.6. The lowest BCUT2D eigenvalue weighted by Gasteiger charge is -2.18. The molecule has 2 aromatic heterocycles. The average Bonchev–Trinajstić information content (AvgIpc) is 2.93. The minimum atomic E-state index is 0.795. The van der Waals surface area contributed by atoms with Crippen molar-refractivity contribution in [2.24, 2.45) is 0 Å². The van der Waals surface area contributed by atoms with Gasteiger partial charge >= 0.3 is 0 Å². The van der Waals surface area contributed by atoms with Crippen LogP contribution in [0.25, 0.3) is 43.8 Å². The number of hydrogen-bond acceptors (Lipinski definition) is 2. The summed E-state index contributed by atoms with van der Waals surface area (Å²) in [5.74, 6) is 0. The molecular weight excluding hydrogens is 412 g/mol. The van der Waals surface area contributed by atoms with Crippen LogP contribution in [-0.4, -0.2) is 9.97 Å². The fraction of sp³-hybridized carbons (Fsp3) is 0.125. The minimum Gasteiger partial charge on any atom is -0.237 e. The highest BCUT2D eigenvalue weighted by molar-refractivity contribution is 6.08. The zero-order chi connectivity index (χ0) is 22.7. The number of fused-ring (bicyclic) bond motifs is 6. The Morgan fingerprint density at radius 3 is 2.24 bits per heavy atom. The number of hydrogen-bond donors (Lipinski definition) is 0. The van der Waals surface area contributed by atoms with Crippen LogP contribution < -0.4 is 0 Å². The van der Waals surface area contributed by atoms with Crippen molar-refractivity contribution < 1.29 is 0 Å². The lowest BCUT2D eigenvalue weighted by Crippen LogP contribution is -2.02. The van der Waals surface area contributed by atoms with Gasteiger partial charge in [-0.1, -0.05) is 78.9 Å². The number of aryl methyl sites for hydroxylation is 2. The smallest absolute Gasteiger partial charge is 0.159 e. The van der Waals surface area contributed by atoms with Crippen LogP contribution in [0.1, 0.15) is 24.0 Å². The standard InChI is InChI=1S/C18H16.C14H10N2/c1-3-7-15-13(5-1)9-11-18-16-8-4-2-6-14(16)10-12-17(15)18;1-2-5-11(6-3-1)13-9-8-12-7-4-10-15-14(12)16-13/h1,3,5,7,9-12H,2,4,6,8H2;1-10H. The van der Waals surface area contributed by atoms with Gasteiger partial charge < -0.3 is 0 Å². The monoisotopic (exact) mass is 438 g/mol. The molecule has 2 heterocycles. The fourth-order valence-corrected chi connectivity index (χ4v) is 5.07. The second-order valence-corrected chi connectivity index (χ2v) is 8.90.